The number of aromatic nitrogens is 3. The maximum Gasteiger partial charge on any atom is 0.275 e. The van der Waals surface area contributed by atoms with Crippen LogP contribution in [0.5, 0.6) is 0 Å². The molecule has 0 atom stereocenters. The molecule has 110 valence electrons. The van der Waals surface area contributed by atoms with Crippen molar-refractivity contribution in [2.75, 3.05) is 0 Å². The molecule has 2 aromatic rings. The molecule has 0 radical (unpaired) electrons. The molecule has 1 aliphatic rings. The Hall–Kier alpha value is -2.08. The molecule has 7 heteroatoms. The Morgan fingerprint density at radius 1 is 1.33 bits per heavy atom. The summed E-state index contributed by atoms with van der Waals surface area (Å²) in [4.78, 5) is 26.1. The van der Waals surface area contributed by atoms with E-state index in [4.69, 9.17) is 11.6 Å². The van der Waals surface area contributed by atoms with E-state index in [1.807, 2.05) is 6.92 Å². The molecule has 0 aliphatic carbocycles. The molecule has 6 nitrogen and oxygen atoms in total. The summed E-state index contributed by atoms with van der Waals surface area (Å²) in [6.07, 6.45) is 1.73. The predicted molar refractivity (Wildman–Crippen MR) is 78.2 cm³/mol. The zero-order valence-electron chi connectivity index (χ0n) is 12.1. The van der Waals surface area contributed by atoms with Gasteiger partial charge in [0.1, 0.15) is 10.7 Å². The van der Waals surface area contributed by atoms with Gasteiger partial charge in [0.15, 0.2) is 0 Å². The highest BCUT2D eigenvalue weighted by Gasteiger charge is 2.30. The van der Waals surface area contributed by atoms with Gasteiger partial charge in [-0.15, -0.1) is 0 Å². The second kappa shape index (κ2) is 4.73. The van der Waals surface area contributed by atoms with Gasteiger partial charge in [0.25, 0.3) is 11.5 Å². The van der Waals surface area contributed by atoms with Crippen molar-refractivity contribution < 1.29 is 4.79 Å². The van der Waals surface area contributed by atoms with Gasteiger partial charge in [0.2, 0.25) is 0 Å². The highest BCUT2D eigenvalue weighted by molar-refractivity contribution is 6.31. The molecule has 0 saturated heterocycles. The van der Waals surface area contributed by atoms with Gasteiger partial charge < -0.3 is 9.47 Å². The largest absolute Gasteiger partial charge is 0.327 e. The first-order chi connectivity index (χ1) is 9.90. The number of hydrogen-bond donors (Lipinski definition) is 0. The number of halogens is 1. The second-order valence-corrected chi connectivity index (χ2v) is 5.64. The smallest absolute Gasteiger partial charge is 0.275 e. The van der Waals surface area contributed by atoms with Crippen LogP contribution in [0.2, 0.25) is 5.02 Å². The van der Waals surface area contributed by atoms with Crippen LogP contribution in [0.3, 0.4) is 0 Å². The lowest BCUT2D eigenvalue weighted by Crippen LogP contribution is -2.27. The number of aryl methyl sites for hydroxylation is 1. The molecule has 3 rings (SSSR count). The fourth-order valence-electron chi connectivity index (χ4n) is 2.66. The summed E-state index contributed by atoms with van der Waals surface area (Å²) in [7, 11) is 3.45. The van der Waals surface area contributed by atoms with Gasteiger partial charge in [-0.3, -0.25) is 14.3 Å². The molecule has 3 heterocycles. The van der Waals surface area contributed by atoms with Crippen molar-refractivity contribution >= 4 is 17.5 Å². The second-order valence-electron chi connectivity index (χ2n) is 5.26. The number of pyridine rings is 1. The van der Waals surface area contributed by atoms with Crippen molar-refractivity contribution in [1.82, 2.24) is 19.2 Å². The molecule has 1 aliphatic heterocycles. The minimum Gasteiger partial charge on any atom is -0.327 e. The van der Waals surface area contributed by atoms with E-state index < -0.39 is 0 Å². The summed E-state index contributed by atoms with van der Waals surface area (Å²) in [6, 6.07) is 1.68. The van der Waals surface area contributed by atoms with Gasteiger partial charge in [-0.05, 0) is 24.1 Å². The summed E-state index contributed by atoms with van der Waals surface area (Å²) in [5.74, 6) is -0.144. The molecule has 0 spiro atoms. The van der Waals surface area contributed by atoms with Crippen LogP contribution in [0.25, 0.3) is 0 Å². The van der Waals surface area contributed by atoms with E-state index in [2.05, 4.69) is 5.10 Å². The van der Waals surface area contributed by atoms with Gasteiger partial charge in [0, 0.05) is 32.5 Å². The lowest BCUT2D eigenvalue weighted by molar-refractivity contribution is 0.0743. The van der Waals surface area contributed by atoms with Gasteiger partial charge in [0.05, 0.1) is 6.54 Å². The molecule has 0 N–H and O–H groups in total. The maximum absolute atomic E-state index is 12.5. The molecular weight excluding hydrogens is 292 g/mol. The minimum atomic E-state index is -0.222. The number of rotatable bonds is 1. The number of hydrogen-bond acceptors (Lipinski definition) is 3. The van der Waals surface area contributed by atoms with Crippen LogP contribution in [0.15, 0.2) is 17.1 Å². The SMILES string of the molecule is Cc1c2c(n(C)c(=O)c1Cl)CN(C(=O)c1ccn(C)n1)C2. The van der Waals surface area contributed by atoms with Crippen LogP contribution in [-0.2, 0) is 27.2 Å². The first kappa shape index (κ1) is 13.9. The molecule has 0 unspecified atom stereocenters. The van der Waals surface area contributed by atoms with Gasteiger partial charge in [-0.25, -0.2) is 0 Å². The van der Waals surface area contributed by atoms with Crippen LogP contribution in [0.1, 0.15) is 27.3 Å². The lowest BCUT2D eigenvalue weighted by Gasteiger charge is -2.13. The van der Waals surface area contributed by atoms with Crippen LogP contribution < -0.4 is 5.56 Å². The lowest BCUT2D eigenvalue weighted by atomic mass is 10.1. The van der Waals surface area contributed by atoms with E-state index in [0.29, 0.717) is 18.8 Å². The van der Waals surface area contributed by atoms with E-state index in [1.165, 1.54) is 4.57 Å². The summed E-state index contributed by atoms with van der Waals surface area (Å²) in [5.41, 5.74) is 2.72. The Bertz CT molecular complexity index is 806. The van der Waals surface area contributed by atoms with E-state index >= 15 is 0 Å². The average molecular weight is 307 g/mol. The average Bonchev–Trinajstić information content (AvgIpc) is 3.08. The summed E-state index contributed by atoms with van der Waals surface area (Å²) < 4.78 is 3.12. The maximum atomic E-state index is 12.5. The van der Waals surface area contributed by atoms with Crippen molar-refractivity contribution in [2.45, 2.75) is 20.0 Å². The molecule has 0 saturated carbocycles. The van der Waals surface area contributed by atoms with E-state index in [-0.39, 0.29) is 16.5 Å². The Kier molecular flexibility index (Phi) is 3.13. The Morgan fingerprint density at radius 3 is 2.67 bits per heavy atom. The Balaban J connectivity index is 1.99. The highest BCUT2D eigenvalue weighted by atomic mass is 35.5. The van der Waals surface area contributed by atoms with Crippen molar-refractivity contribution in [3.05, 3.63) is 50.2 Å². The highest BCUT2D eigenvalue weighted by Crippen LogP contribution is 2.28. The molecule has 0 bridgehead atoms. The first-order valence-electron chi connectivity index (χ1n) is 6.56. The standard InChI is InChI=1S/C14H15ClN4O2/c1-8-9-6-19(13(20)10-4-5-17(2)16-10)7-11(9)18(3)14(21)12(8)15/h4-5H,6-7H2,1-3H3. The number of carbonyl (C=O) groups is 1. The van der Waals surface area contributed by atoms with Crippen LogP contribution in [0.4, 0.5) is 0 Å². The number of amides is 1. The predicted octanol–water partition coefficient (Wildman–Crippen LogP) is 1.24. The van der Waals surface area contributed by atoms with Gasteiger partial charge in [-0.1, -0.05) is 11.6 Å². The monoisotopic (exact) mass is 306 g/mol. The minimum absolute atomic E-state index is 0.144. The van der Waals surface area contributed by atoms with Gasteiger partial charge in [-0.2, -0.15) is 5.10 Å². The molecule has 2 aromatic heterocycles. The number of fused-ring (bicyclic) bond motifs is 1. The molecule has 0 aromatic carbocycles. The van der Waals surface area contributed by atoms with Crippen molar-refractivity contribution in [3.8, 4) is 0 Å². The van der Waals surface area contributed by atoms with E-state index in [9.17, 15) is 9.59 Å². The van der Waals surface area contributed by atoms with Crippen LogP contribution in [-0.4, -0.2) is 25.2 Å². The zero-order valence-corrected chi connectivity index (χ0v) is 12.8. The summed E-state index contributed by atoms with van der Waals surface area (Å²) in [5, 5.41) is 4.35. The van der Waals surface area contributed by atoms with E-state index in [0.717, 1.165) is 16.8 Å². The summed E-state index contributed by atoms with van der Waals surface area (Å²) in [6.45, 7) is 2.66. The van der Waals surface area contributed by atoms with Crippen LogP contribution in [0, 0.1) is 6.92 Å². The third-order valence-electron chi connectivity index (χ3n) is 3.94. The summed E-state index contributed by atoms with van der Waals surface area (Å²) >= 11 is 6.06. The fraction of sp³-hybridized carbons (Fsp3) is 0.357. The zero-order chi connectivity index (χ0) is 15.3. The molecule has 1 amide bonds. The van der Waals surface area contributed by atoms with Crippen molar-refractivity contribution in [3.63, 3.8) is 0 Å². The first-order valence-corrected chi connectivity index (χ1v) is 6.93. The molecule has 21 heavy (non-hydrogen) atoms. The normalized spacial score (nSPS) is 13.6. The van der Waals surface area contributed by atoms with Gasteiger partial charge >= 0.3 is 0 Å². The molecule has 0 fully saturated rings. The topological polar surface area (TPSA) is 60.1 Å². The fourth-order valence-corrected chi connectivity index (χ4v) is 2.90. The number of nitrogens with zero attached hydrogens (tertiary/aromatic N) is 4. The Labute approximate surface area is 126 Å². The third-order valence-corrected chi connectivity index (χ3v) is 4.38. The van der Waals surface area contributed by atoms with Crippen molar-refractivity contribution in [1.29, 1.82) is 0 Å². The molecular formula is C14H15ClN4O2. The third kappa shape index (κ3) is 2.06. The number of carbonyl (C=O) groups excluding carboxylic acids is 1. The van der Waals surface area contributed by atoms with Crippen molar-refractivity contribution in [2.24, 2.45) is 14.1 Å². The quantitative estimate of drug-likeness (QED) is 0.796. The Morgan fingerprint density at radius 2 is 2.05 bits per heavy atom. The van der Waals surface area contributed by atoms with E-state index in [1.54, 1.807) is 35.9 Å². The van der Waals surface area contributed by atoms with Crippen LogP contribution >= 0.6 is 11.6 Å².